The second kappa shape index (κ2) is 8.13. The van der Waals surface area contributed by atoms with E-state index in [0.29, 0.717) is 18.7 Å². The van der Waals surface area contributed by atoms with Crippen molar-refractivity contribution >= 4 is 17.6 Å². The van der Waals surface area contributed by atoms with Gasteiger partial charge in [-0.2, -0.15) is 0 Å². The molecule has 0 aliphatic rings. The van der Waals surface area contributed by atoms with E-state index in [1.165, 1.54) is 0 Å². The molecule has 0 radical (unpaired) electrons. The molecule has 0 aliphatic carbocycles. The highest BCUT2D eigenvalue weighted by Gasteiger charge is 2.07. The quantitative estimate of drug-likeness (QED) is 0.574. The topological polar surface area (TPSA) is 81.4 Å². The zero-order chi connectivity index (χ0) is 14.1. The minimum Gasteiger partial charge on any atom is -0.456 e. The highest BCUT2D eigenvalue weighted by atomic mass is 16.5. The number of rotatable bonds is 7. The second-order valence-corrected chi connectivity index (χ2v) is 4.26. The van der Waals surface area contributed by atoms with Gasteiger partial charge in [0.05, 0.1) is 0 Å². The molecule has 1 aromatic rings. The molecule has 1 amide bonds. The molecular formula is C14H20N2O3. The van der Waals surface area contributed by atoms with Gasteiger partial charge in [-0.15, -0.1) is 0 Å². The van der Waals surface area contributed by atoms with Crippen molar-refractivity contribution in [1.82, 2.24) is 5.32 Å². The lowest BCUT2D eigenvalue weighted by Crippen LogP contribution is -2.29. The zero-order valence-electron chi connectivity index (χ0n) is 11.1. The van der Waals surface area contributed by atoms with E-state index in [1.54, 1.807) is 6.07 Å². The first-order valence-electron chi connectivity index (χ1n) is 6.38. The molecule has 0 saturated heterocycles. The summed E-state index contributed by atoms with van der Waals surface area (Å²) < 4.78 is 4.87. The van der Waals surface area contributed by atoms with Crippen LogP contribution >= 0.6 is 0 Å². The van der Waals surface area contributed by atoms with Crippen molar-refractivity contribution in [3.8, 4) is 0 Å². The van der Waals surface area contributed by atoms with Crippen molar-refractivity contribution in [2.75, 3.05) is 18.9 Å². The molecule has 0 atom stereocenters. The lowest BCUT2D eigenvalue weighted by atomic mass is 10.1. The Morgan fingerprint density at radius 3 is 2.84 bits per heavy atom. The Morgan fingerprint density at radius 2 is 2.16 bits per heavy atom. The fraction of sp³-hybridized carbons (Fsp3) is 0.429. The lowest BCUT2D eigenvalue weighted by Gasteiger charge is -2.06. The Hall–Kier alpha value is -2.04. The number of carbonyl (C=O) groups is 2. The molecule has 5 heteroatoms. The van der Waals surface area contributed by atoms with Gasteiger partial charge in [-0.05, 0) is 30.5 Å². The summed E-state index contributed by atoms with van der Waals surface area (Å²) >= 11 is 0. The number of carbonyl (C=O) groups excluding carboxylic acids is 2. The maximum absolute atomic E-state index is 11.4. The summed E-state index contributed by atoms with van der Waals surface area (Å²) in [6.07, 6.45) is 1.65. The third kappa shape index (κ3) is 6.45. The predicted octanol–water partition coefficient (Wildman–Crippen LogP) is 1.27. The minimum absolute atomic E-state index is 0.213. The molecule has 1 aromatic carbocycles. The predicted molar refractivity (Wildman–Crippen MR) is 73.4 cm³/mol. The van der Waals surface area contributed by atoms with Gasteiger partial charge >= 0.3 is 5.97 Å². The Kier molecular flexibility index (Phi) is 6.43. The van der Waals surface area contributed by atoms with Crippen molar-refractivity contribution in [3.05, 3.63) is 29.8 Å². The summed E-state index contributed by atoms with van der Waals surface area (Å²) in [4.78, 5) is 22.7. The maximum Gasteiger partial charge on any atom is 0.306 e. The summed E-state index contributed by atoms with van der Waals surface area (Å²) in [6, 6.07) is 7.35. The smallest absolute Gasteiger partial charge is 0.306 e. The van der Waals surface area contributed by atoms with Gasteiger partial charge < -0.3 is 15.8 Å². The maximum atomic E-state index is 11.4. The fourth-order valence-electron chi connectivity index (χ4n) is 1.53. The van der Waals surface area contributed by atoms with Crippen LogP contribution in [0.3, 0.4) is 0 Å². The molecule has 0 unspecified atom stereocenters. The third-order valence-corrected chi connectivity index (χ3v) is 2.51. The molecule has 0 fully saturated rings. The summed E-state index contributed by atoms with van der Waals surface area (Å²) in [5.74, 6) is -0.645. The fourth-order valence-corrected chi connectivity index (χ4v) is 1.53. The normalized spacial score (nSPS) is 9.95. The number of hydrogen-bond acceptors (Lipinski definition) is 4. The van der Waals surface area contributed by atoms with E-state index in [-0.39, 0.29) is 24.9 Å². The highest BCUT2D eigenvalue weighted by molar-refractivity contribution is 5.80. The number of nitrogen functional groups attached to an aromatic ring is 1. The Bertz CT molecular complexity index is 432. The van der Waals surface area contributed by atoms with Crippen LogP contribution < -0.4 is 11.1 Å². The molecule has 5 nitrogen and oxygen atoms in total. The number of aryl methyl sites for hydroxylation is 1. The van der Waals surface area contributed by atoms with Crippen LogP contribution in [0.1, 0.15) is 25.3 Å². The molecule has 0 saturated carbocycles. The van der Waals surface area contributed by atoms with Crippen LogP contribution in [0, 0.1) is 0 Å². The van der Waals surface area contributed by atoms with Gasteiger partial charge in [-0.1, -0.05) is 19.1 Å². The molecule has 0 spiro atoms. The number of anilines is 1. The van der Waals surface area contributed by atoms with Crippen molar-refractivity contribution in [2.45, 2.75) is 26.2 Å². The first-order chi connectivity index (χ1) is 9.11. The molecule has 0 aliphatic heterocycles. The molecule has 0 aromatic heterocycles. The van der Waals surface area contributed by atoms with Crippen LogP contribution in [0.4, 0.5) is 5.69 Å². The summed E-state index contributed by atoms with van der Waals surface area (Å²) in [6.45, 7) is 2.34. The van der Waals surface area contributed by atoms with E-state index in [9.17, 15) is 9.59 Å². The lowest BCUT2D eigenvalue weighted by molar-refractivity contribution is -0.148. The van der Waals surface area contributed by atoms with Gasteiger partial charge in [0.1, 0.15) is 0 Å². The van der Waals surface area contributed by atoms with Gasteiger partial charge in [0, 0.05) is 18.7 Å². The minimum atomic E-state index is -0.380. The molecular weight excluding hydrogens is 244 g/mol. The molecule has 3 N–H and O–H groups in total. The van der Waals surface area contributed by atoms with Crippen molar-refractivity contribution in [2.24, 2.45) is 0 Å². The number of amides is 1. The van der Waals surface area contributed by atoms with Crippen molar-refractivity contribution in [1.29, 1.82) is 0 Å². The molecule has 0 bridgehead atoms. The first-order valence-corrected chi connectivity index (χ1v) is 6.38. The van der Waals surface area contributed by atoms with Gasteiger partial charge in [0.15, 0.2) is 6.61 Å². The highest BCUT2D eigenvalue weighted by Crippen LogP contribution is 2.09. The standard InChI is InChI=1S/C14H20N2O3/c1-2-8-16-13(17)10-19-14(18)7-6-11-4-3-5-12(15)9-11/h3-5,9H,2,6-8,10,15H2,1H3,(H,16,17). The number of nitrogens with two attached hydrogens (primary N) is 1. The van der Waals surface area contributed by atoms with Crippen LogP contribution in [0.25, 0.3) is 0 Å². The monoisotopic (exact) mass is 264 g/mol. The number of nitrogens with one attached hydrogen (secondary N) is 1. The molecule has 104 valence electrons. The first kappa shape index (κ1) is 15.0. The molecule has 19 heavy (non-hydrogen) atoms. The van der Waals surface area contributed by atoms with E-state index in [4.69, 9.17) is 10.5 Å². The third-order valence-electron chi connectivity index (χ3n) is 2.51. The van der Waals surface area contributed by atoms with Crippen LogP contribution in [-0.2, 0) is 20.7 Å². The van der Waals surface area contributed by atoms with E-state index >= 15 is 0 Å². The van der Waals surface area contributed by atoms with Gasteiger partial charge in [0.25, 0.3) is 5.91 Å². The SMILES string of the molecule is CCCNC(=O)COC(=O)CCc1cccc(N)c1. The second-order valence-electron chi connectivity index (χ2n) is 4.26. The van der Waals surface area contributed by atoms with E-state index in [2.05, 4.69) is 5.32 Å². The summed E-state index contributed by atoms with van der Waals surface area (Å²) in [7, 11) is 0. The number of benzene rings is 1. The number of esters is 1. The Morgan fingerprint density at radius 1 is 1.37 bits per heavy atom. The van der Waals surface area contributed by atoms with Crippen LogP contribution in [0.2, 0.25) is 0 Å². The van der Waals surface area contributed by atoms with E-state index < -0.39 is 0 Å². The average molecular weight is 264 g/mol. The van der Waals surface area contributed by atoms with Crippen LogP contribution in [-0.4, -0.2) is 25.0 Å². The van der Waals surface area contributed by atoms with Crippen molar-refractivity contribution < 1.29 is 14.3 Å². The van der Waals surface area contributed by atoms with Crippen LogP contribution in [0.15, 0.2) is 24.3 Å². The van der Waals surface area contributed by atoms with Gasteiger partial charge in [-0.25, -0.2) is 0 Å². The van der Waals surface area contributed by atoms with Crippen molar-refractivity contribution in [3.63, 3.8) is 0 Å². The van der Waals surface area contributed by atoms with Gasteiger partial charge in [0.2, 0.25) is 0 Å². The molecule has 1 rings (SSSR count). The molecule has 0 heterocycles. The largest absolute Gasteiger partial charge is 0.456 e. The Balaban J connectivity index is 2.23. The number of hydrogen-bond donors (Lipinski definition) is 2. The van der Waals surface area contributed by atoms with Crippen LogP contribution in [0.5, 0.6) is 0 Å². The Labute approximate surface area is 113 Å². The summed E-state index contributed by atoms with van der Waals surface area (Å²) in [5.41, 5.74) is 7.29. The summed E-state index contributed by atoms with van der Waals surface area (Å²) in [5, 5.41) is 2.64. The van der Waals surface area contributed by atoms with E-state index in [1.807, 2.05) is 25.1 Å². The van der Waals surface area contributed by atoms with E-state index in [0.717, 1.165) is 12.0 Å². The zero-order valence-corrected chi connectivity index (χ0v) is 11.1. The van der Waals surface area contributed by atoms with Gasteiger partial charge in [-0.3, -0.25) is 9.59 Å². The average Bonchev–Trinajstić information content (AvgIpc) is 2.40. The number of ether oxygens (including phenoxy) is 1.